The summed E-state index contributed by atoms with van der Waals surface area (Å²) in [4.78, 5) is 23.4. The molecule has 118 valence electrons. The van der Waals surface area contributed by atoms with E-state index in [1.54, 1.807) is 0 Å². The molecule has 0 unspecified atom stereocenters. The van der Waals surface area contributed by atoms with Crippen LogP contribution in [0.5, 0.6) is 0 Å². The highest BCUT2D eigenvalue weighted by atomic mass is 32.2. The van der Waals surface area contributed by atoms with Gasteiger partial charge in [0.2, 0.25) is 6.04 Å². The van der Waals surface area contributed by atoms with Crippen molar-refractivity contribution in [2.75, 3.05) is 13.2 Å². The summed E-state index contributed by atoms with van der Waals surface area (Å²) in [7, 11) is -2.71. The zero-order valence-corrected chi connectivity index (χ0v) is 12.7. The molecule has 1 heterocycles. The van der Waals surface area contributed by atoms with E-state index < -0.39 is 28.0 Å². The monoisotopic (exact) mass is 319 g/mol. The number of nitrogens with zero attached hydrogens (tertiary/aromatic N) is 2. The molecule has 0 atom stereocenters. The van der Waals surface area contributed by atoms with E-state index in [0.717, 1.165) is 4.68 Å². The average molecular weight is 319 g/mol. The van der Waals surface area contributed by atoms with Crippen molar-refractivity contribution in [3.05, 3.63) is 12.3 Å². The van der Waals surface area contributed by atoms with Gasteiger partial charge in [0, 0.05) is 7.05 Å². The molecule has 0 aliphatic carbocycles. The Labute approximate surface area is 122 Å². The van der Waals surface area contributed by atoms with Gasteiger partial charge in [-0.15, -0.1) is 0 Å². The number of carbonyl (C=O) groups is 2. The minimum Gasteiger partial charge on any atom is -0.464 e. The largest absolute Gasteiger partial charge is 0.464 e. The molecule has 0 spiro atoms. The number of sulfonamides is 1. The van der Waals surface area contributed by atoms with Crippen molar-refractivity contribution >= 4 is 22.0 Å². The Kier molecular flexibility index (Phi) is 5.85. The van der Waals surface area contributed by atoms with Gasteiger partial charge in [0.05, 0.1) is 19.4 Å². The van der Waals surface area contributed by atoms with Crippen LogP contribution in [-0.2, 0) is 36.1 Å². The lowest BCUT2D eigenvalue weighted by Gasteiger charge is -2.15. The SMILES string of the molecule is CCOC(=O)C(NS(=O)(=O)c1ccnn1C)C(=O)OCC. The molecule has 1 aromatic heterocycles. The minimum atomic E-state index is -4.12. The fourth-order valence-corrected chi connectivity index (χ4v) is 2.74. The molecule has 1 N–H and O–H groups in total. The molecule has 0 aliphatic rings. The molecule has 0 aromatic carbocycles. The van der Waals surface area contributed by atoms with Gasteiger partial charge in [0.15, 0.2) is 5.03 Å². The van der Waals surface area contributed by atoms with E-state index in [0.29, 0.717) is 0 Å². The van der Waals surface area contributed by atoms with Crippen LogP contribution in [-0.4, -0.2) is 49.4 Å². The third kappa shape index (κ3) is 4.26. The van der Waals surface area contributed by atoms with Crippen LogP contribution in [0, 0.1) is 0 Å². The maximum atomic E-state index is 12.2. The van der Waals surface area contributed by atoms with Crippen LogP contribution in [0.15, 0.2) is 17.3 Å². The third-order valence-electron chi connectivity index (χ3n) is 2.37. The number of nitrogens with one attached hydrogen (secondary N) is 1. The Morgan fingerprint density at radius 1 is 1.29 bits per heavy atom. The number of rotatable bonds is 7. The molecule has 21 heavy (non-hydrogen) atoms. The second kappa shape index (κ2) is 7.18. The van der Waals surface area contributed by atoms with Crippen molar-refractivity contribution in [2.45, 2.75) is 24.9 Å². The molecular formula is C11H17N3O6S. The summed E-state index contributed by atoms with van der Waals surface area (Å²) in [6, 6.07) is -0.528. The molecule has 0 radical (unpaired) electrons. The Morgan fingerprint density at radius 3 is 2.19 bits per heavy atom. The number of carbonyl (C=O) groups excluding carboxylic acids is 2. The van der Waals surface area contributed by atoms with Crippen molar-refractivity contribution in [3.8, 4) is 0 Å². The van der Waals surface area contributed by atoms with Gasteiger partial charge < -0.3 is 9.47 Å². The highest BCUT2D eigenvalue weighted by Gasteiger charge is 2.35. The van der Waals surface area contributed by atoms with Gasteiger partial charge in [0.25, 0.3) is 10.0 Å². The summed E-state index contributed by atoms with van der Waals surface area (Å²) >= 11 is 0. The number of hydrogen-bond donors (Lipinski definition) is 1. The molecule has 10 heteroatoms. The number of esters is 2. The molecule has 1 aromatic rings. The molecule has 0 amide bonds. The lowest BCUT2D eigenvalue weighted by Crippen LogP contribution is -2.48. The van der Waals surface area contributed by atoms with Crippen LogP contribution in [0.4, 0.5) is 0 Å². The summed E-state index contributed by atoms with van der Waals surface area (Å²) in [5.41, 5.74) is 0. The minimum absolute atomic E-state index is 0.00216. The highest BCUT2D eigenvalue weighted by Crippen LogP contribution is 2.08. The fraction of sp³-hybridized carbons (Fsp3) is 0.545. The summed E-state index contributed by atoms with van der Waals surface area (Å²) < 4.78 is 36.7. The molecule has 1 rings (SSSR count). The average Bonchev–Trinajstić information content (AvgIpc) is 2.83. The van der Waals surface area contributed by atoms with Gasteiger partial charge in [0.1, 0.15) is 0 Å². The fourth-order valence-electron chi connectivity index (χ4n) is 1.48. The normalized spacial score (nSPS) is 11.4. The lowest BCUT2D eigenvalue weighted by atomic mass is 10.3. The zero-order valence-electron chi connectivity index (χ0n) is 11.9. The summed E-state index contributed by atoms with van der Waals surface area (Å²) in [6.45, 7) is 3.08. The molecule has 9 nitrogen and oxygen atoms in total. The number of aryl methyl sites for hydroxylation is 1. The van der Waals surface area contributed by atoms with Gasteiger partial charge in [-0.05, 0) is 19.9 Å². The van der Waals surface area contributed by atoms with E-state index in [1.807, 2.05) is 4.72 Å². The Bertz CT molecular complexity index is 591. The van der Waals surface area contributed by atoms with Crippen LogP contribution < -0.4 is 4.72 Å². The van der Waals surface area contributed by atoms with Crippen molar-refractivity contribution in [1.29, 1.82) is 0 Å². The molecule has 0 aliphatic heterocycles. The van der Waals surface area contributed by atoms with E-state index in [4.69, 9.17) is 0 Å². The molecule has 0 saturated heterocycles. The number of ether oxygens (including phenoxy) is 2. The maximum Gasteiger partial charge on any atom is 0.335 e. The summed E-state index contributed by atoms with van der Waals surface area (Å²) in [6.07, 6.45) is 1.28. The topological polar surface area (TPSA) is 117 Å². The maximum absolute atomic E-state index is 12.2. The van der Waals surface area contributed by atoms with Gasteiger partial charge in [-0.1, -0.05) is 0 Å². The van der Waals surface area contributed by atoms with Crippen molar-refractivity contribution in [2.24, 2.45) is 7.05 Å². The van der Waals surface area contributed by atoms with E-state index in [-0.39, 0.29) is 18.2 Å². The summed E-state index contributed by atoms with van der Waals surface area (Å²) in [5, 5.41) is 3.52. The first kappa shape index (κ1) is 17.1. The van der Waals surface area contributed by atoms with Crippen LogP contribution in [0.2, 0.25) is 0 Å². The zero-order chi connectivity index (χ0) is 16.0. The first-order chi connectivity index (χ1) is 9.83. The Hall–Kier alpha value is -1.94. The molecule has 0 fully saturated rings. The van der Waals surface area contributed by atoms with Crippen LogP contribution in [0.25, 0.3) is 0 Å². The molecule has 0 saturated carbocycles. The second-order valence-electron chi connectivity index (χ2n) is 3.85. The van der Waals surface area contributed by atoms with E-state index in [9.17, 15) is 18.0 Å². The second-order valence-corrected chi connectivity index (χ2v) is 5.51. The third-order valence-corrected chi connectivity index (χ3v) is 3.87. The van der Waals surface area contributed by atoms with E-state index in [1.165, 1.54) is 33.2 Å². The Balaban J connectivity index is 3.03. The smallest absolute Gasteiger partial charge is 0.335 e. The van der Waals surface area contributed by atoms with Crippen LogP contribution in [0.1, 0.15) is 13.8 Å². The van der Waals surface area contributed by atoms with E-state index >= 15 is 0 Å². The van der Waals surface area contributed by atoms with E-state index in [2.05, 4.69) is 14.6 Å². The first-order valence-electron chi connectivity index (χ1n) is 6.17. The lowest BCUT2D eigenvalue weighted by molar-refractivity contribution is -0.157. The van der Waals surface area contributed by atoms with Gasteiger partial charge in [-0.25, -0.2) is 18.0 Å². The predicted molar refractivity (Wildman–Crippen MR) is 70.6 cm³/mol. The summed E-state index contributed by atoms with van der Waals surface area (Å²) in [5.74, 6) is -2.05. The standard InChI is InChI=1S/C11H17N3O6S/c1-4-19-10(15)9(11(16)20-5-2)13-21(17,18)8-6-7-12-14(8)3/h6-7,9,13H,4-5H2,1-3H3. The van der Waals surface area contributed by atoms with Gasteiger partial charge in [-0.2, -0.15) is 9.82 Å². The first-order valence-corrected chi connectivity index (χ1v) is 7.65. The number of aromatic nitrogens is 2. The van der Waals surface area contributed by atoms with Crippen molar-refractivity contribution < 1.29 is 27.5 Å². The molecule has 0 bridgehead atoms. The predicted octanol–water partition coefficient (Wildman–Crippen LogP) is -0.807. The quantitative estimate of drug-likeness (QED) is 0.516. The number of hydrogen-bond acceptors (Lipinski definition) is 7. The molecular weight excluding hydrogens is 302 g/mol. The van der Waals surface area contributed by atoms with Crippen LogP contribution in [0.3, 0.4) is 0 Å². The van der Waals surface area contributed by atoms with Crippen molar-refractivity contribution in [1.82, 2.24) is 14.5 Å². The van der Waals surface area contributed by atoms with Crippen LogP contribution >= 0.6 is 0 Å². The van der Waals surface area contributed by atoms with Gasteiger partial charge >= 0.3 is 11.9 Å². The highest BCUT2D eigenvalue weighted by molar-refractivity contribution is 7.89. The van der Waals surface area contributed by atoms with Crippen molar-refractivity contribution in [3.63, 3.8) is 0 Å². The van der Waals surface area contributed by atoms with Gasteiger partial charge in [-0.3, -0.25) is 4.68 Å². The Morgan fingerprint density at radius 2 is 1.81 bits per heavy atom.